The van der Waals surface area contributed by atoms with E-state index in [2.05, 4.69) is 4.83 Å². The molecule has 0 fully saturated rings. The zero-order chi connectivity index (χ0) is 17.7. The minimum absolute atomic E-state index is 0.158. The molecule has 0 radical (unpaired) electrons. The van der Waals surface area contributed by atoms with Crippen molar-refractivity contribution in [3.8, 4) is 0 Å². The predicted octanol–water partition coefficient (Wildman–Crippen LogP) is 4.24. The van der Waals surface area contributed by atoms with Crippen molar-refractivity contribution in [2.45, 2.75) is 11.4 Å². The topological polar surface area (TPSA) is 49.4 Å². The number of para-hydroxylation sites is 1. The summed E-state index contributed by atoms with van der Waals surface area (Å²) in [5.74, 6) is 0. The molecular weight excluding hydrogens is 356 g/mol. The van der Waals surface area contributed by atoms with Crippen molar-refractivity contribution in [3.05, 3.63) is 95.5 Å². The number of rotatable bonds is 6. The molecule has 0 heterocycles. The molecule has 3 aromatic rings. The maximum absolute atomic E-state index is 12.7. The fourth-order valence-electron chi connectivity index (χ4n) is 2.36. The van der Waals surface area contributed by atoms with Gasteiger partial charge in [0.25, 0.3) is 10.0 Å². The number of nitrogens with one attached hydrogen (secondary N) is 1. The zero-order valence-electron chi connectivity index (χ0n) is 13.3. The van der Waals surface area contributed by atoms with Gasteiger partial charge < -0.3 is 0 Å². The summed E-state index contributed by atoms with van der Waals surface area (Å²) in [4.78, 5) is 2.81. The molecule has 0 aromatic heterocycles. The molecule has 0 aliphatic rings. The lowest BCUT2D eigenvalue weighted by Crippen LogP contribution is -2.41. The number of nitrogens with zero attached hydrogens (tertiary/aromatic N) is 1. The Morgan fingerprint density at radius 3 is 1.96 bits per heavy atom. The second kappa shape index (κ2) is 7.70. The lowest BCUT2D eigenvalue weighted by molar-refractivity contribution is 0.575. The first-order chi connectivity index (χ1) is 12.0. The van der Waals surface area contributed by atoms with E-state index >= 15 is 0 Å². The van der Waals surface area contributed by atoms with Gasteiger partial charge >= 0.3 is 0 Å². The molecule has 1 N–H and O–H groups in total. The molecule has 0 aliphatic heterocycles. The summed E-state index contributed by atoms with van der Waals surface area (Å²) < 4.78 is 25.4. The van der Waals surface area contributed by atoms with Gasteiger partial charge in [-0.25, -0.2) is 8.42 Å². The van der Waals surface area contributed by atoms with Gasteiger partial charge in [-0.15, -0.1) is 4.83 Å². The smallest absolute Gasteiger partial charge is 0.257 e. The molecule has 0 unspecified atom stereocenters. The molecule has 0 aliphatic carbocycles. The third-order valence-corrected chi connectivity index (χ3v) is 5.21. The van der Waals surface area contributed by atoms with E-state index < -0.39 is 10.0 Å². The Bertz CT molecular complexity index is 915. The minimum Gasteiger partial charge on any atom is -0.290 e. The van der Waals surface area contributed by atoms with Gasteiger partial charge in [0.1, 0.15) is 0 Å². The molecule has 3 aromatic carbocycles. The highest BCUT2D eigenvalue weighted by atomic mass is 35.5. The van der Waals surface area contributed by atoms with E-state index in [0.29, 0.717) is 11.6 Å². The summed E-state index contributed by atoms with van der Waals surface area (Å²) >= 11 is 5.85. The Morgan fingerprint density at radius 2 is 1.36 bits per heavy atom. The van der Waals surface area contributed by atoms with Gasteiger partial charge in [0, 0.05) is 5.02 Å². The Labute approximate surface area is 152 Å². The maximum Gasteiger partial charge on any atom is 0.257 e. The molecule has 0 atom stereocenters. The van der Waals surface area contributed by atoms with E-state index in [1.165, 1.54) is 12.1 Å². The van der Waals surface area contributed by atoms with E-state index in [1.54, 1.807) is 17.1 Å². The van der Waals surface area contributed by atoms with Crippen LogP contribution in [0.2, 0.25) is 5.02 Å². The van der Waals surface area contributed by atoms with Crippen LogP contribution < -0.4 is 9.84 Å². The van der Waals surface area contributed by atoms with Crippen LogP contribution >= 0.6 is 11.6 Å². The van der Waals surface area contributed by atoms with Gasteiger partial charge in [-0.2, -0.15) is 0 Å². The first-order valence-corrected chi connectivity index (χ1v) is 9.55. The normalized spacial score (nSPS) is 11.2. The maximum atomic E-state index is 12.7. The number of anilines is 1. The molecule has 0 saturated carbocycles. The van der Waals surface area contributed by atoms with E-state index in [4.69, 9.17) is 11.6 Å². The first kappa shape index (κ1) is 17.5. The summed E-state index contributed by atoms with van der Waals surface area (Å²) in [5, 5.41) is 2.10. The highest BCUT2D eigenvalue weighted by Gasteiger charge is 2.19. The van der Waals surface area contributed by atoms with Crippen LogP contribution in [0.25, 0.3) is 0 Å². The van der Waals surface area contributed by atoms with Crippen molar-refractivity contribution in [1.29, 1.82) is 0 Å². The number of hydrazine groups is 1. The fourth-order valence-corrected chi connectivity index (χ4v) is 3.55. The average Bonchev–Trinajstić information content (AvgIpc) is 2.63. The first-order valence-electron chi connectivity index (χ1n) is 7.69. The van der Waals surface area contributed by atoms with Crippen molar-refractivity contribution in [1.82, 2.24) is 4.83 Å². The number of halogens is 1. The van der Waals surface area contributed by atoms with Gasteiger partial charge in [0.2, 0.25) is 0 Å². The van der Waals surface area contributed by atoms with Crippen molar-refractivity contribution in [2.75, 3.05) is 5.01 Å². The summed E-state index contributed by atoms with van der Waals surface area (Å²) in [6.07, 6.45) is 0. The lowest BCUT2D eigenvalue weighted by Gasteiger charge is -2.25. The summed E-state index contributed by atoms with van der Waals surface area (Å²) in [5.41, 5.74) is 1.74. The van der Waals surface area contributed by atoms with Crippen LogP contribution in [0.4, 0.5) is 5.69 Å². The van der Waals surface area contributed by atoms with E-state index in [-0.39, 0.29) is 4.90 Å². The van der Waals surface area contributed by atoms with E-state index in [9.17, 15) is 8.42 Å². The van der Waals surface area contributed by atoms with Gasteiger partial charge in [-0.1, -0.05) is 60.1 Å². The molecule has 0 amide bonds. The SMILES string of the molecule is O=S(=O)(NN(Cc1ccccc1)c1ccccc1)c1ccc(Cl)cc1. The van der Waals surface area contributed by atoms with Crippen LogP contribution in [0.3, 0.4) is 0 Å². The van der Waals surface area contributed by atoms with E-state index in [0.717, 1.165) is 11.3 Å². The zero-order valence-corrected chi connectivity index (χ0v) is 14.9. The molecule has 6 heteroatoms. The van der Waals surface area contributed by atoms with E-state index in [1.807, 2.05) is 60.7 Å². The third kappa shape index (κ3) is 4.60. The largest absolute Gasteiger partial charge is 0.290 e. The van der Waals surface area contributed by atoms with Crippen molar-refractivity contribution >= 4 is 27.3 Å². The Hall–Kier alpha value is -2.34. The van der Waals surface area contributed by atoms with Gasteiger partial charge in [-0.3, -0.25) is 5.01 Å². The Kier molecular flexibility index (Phi) is 5.38. The highest BCUT2D eigenvalue weighted by molar-refractivity contribution is 7.89. The molecule has 128 valence electrons. The molecular formula is C19H17ClN2O2S. The molecule has 0 spiro atoms. The van der Waals surface area contributed by atoms with Crippen molar-refractivity contribution in [3.63, 3.8) is 0 Å². The van der Waals surface area contributed by atoms with Crippen LogP contribution in [0.15, 0.2) is 89.8 Å². The Morgan fingerprint density at radius 1 is 0.800 bits per heavy atom. The monoisotopic (exact) mass is 372 g/mol. The number of benzene rings is 3. The minimum atomic E-state index is -3.73. The summed E-state index contributed by atoms with van der Waals surface area (Å²) in [6, 6.07) is 25.1. The standard InChI is InChI=1S/C19H17ClN2O2S/c20-17-11-13-19(14-12-17)25(23,24)21-22(18-9-5-2-6-10-18)15-16-7-3-1-4-8-16/h1-14,21H,15H2. The quantitative estimate of drug-likeness (QED) is 0.658. The lowest BCUT2D eigenvalue weighted by atomic mass is 10.2. The van der Waals surface area contributed by atoms with Gasteiger partial charge in [0.15, 0.2) is 0 Å². The van der Waals surface area contributed by atoms with Crippen LogP contribution in [-0.2, 0) is 16.6 Å². The van der Waals surface area contributed by atoms with Crippen molar-refractivity contribution < 1.29 is 8.42 Å². The van der Waals surface area contributed by atoms with Gasteiger partial charge in [-0.05, 0) is 42.0 Å². The number of sulfonamides is 1. The molecule has 0 saturated heterocycles. The number of hydrogen-bond acceptors (Lipinski definition) is 3. The van der Waals surface area contributed by atoms with Crippen LogP contribution in [-0.4, -0.2) is 8.42 Å². The van der Waals surface area contributed by atoms with Gasteiger partial charge in [0.05, 0.1) is 17.1 Å². The summed E-state index contributed by atoms with van der Waals surface area (Å²) in [7, 11) is -3.73. The van der Waals surface area contributed by atoms with Crippen LogP contribution in [0.1, 0.15) is 5.56 Å². The van der Waals surface area contributed by atoms with Crippen LogP contribution in [0, 0.1) is 0 Å². The van der Waals surface area contributed by atoms with Crippen molar-refractivity contribution in [2.24, 2.45) is 0 Å². The molecule has 0 bridgehead atoms. The summed E-state index contributed by atoms with van der Waals surface area (Å²) in [6.45, 7) is 0.400. The third-order valence-electron chi connectivity index (χ3n) is 3.61. The second-order valence-corrected chi connectivity index (χ2v) is 7.55. The Balaban J connectivity index is 1.90. The molecule has 25 heavy (non-hydrogen) atoms. The second-order valence-electron chi connectivity index (χ2n) is 5.46. The average molecular weight is 373 g/mol. The molecule has 3 rings (SSSR count). The molecule has 4 nitrogen and oxygen atoms in total. The predicted molar refractivity (Wildman–Crippen MR) is 101 cm³/mol. The fraction of sp³-hybridized carbons (Fsp3) is 0.0526. The van der Waals surface area contributed by atoms with Crippen LogP contribution in [0.5, 0.6) is 0 Å². The highest BCUT2D eigenvalue weighted by Crippen LogP contribution is 2.19. The number of hydrogen-bond donors (Lipinski definition) is 1.